The molecule has 0 saturated heterocycles. The summed E-state index contributed by atoms with van der Waals surface area (Å²) < 4.78 is 5.05. The predicted molar refractivity (Wildman–Crippen MR) is 64.2 cm³/mol. The van der Waals surface area contributed by atoms with Gasteiger partial charge in [0.1, 0.15) is 5.69 Å². The van der Waals surface area contributed by atoms with Crippen LogP contribution < -0.4 is 5.32 Å². The number of nitrogens with one attached hydrogen (secondary N) is 1. The lowest BCUT2D eigenvalue weighted by Crippen LogP contribution is -2.00. The second-order valence-corrected chi connectivity index (χ2v) is 4.67. The number of halogens is 2. The van der Waals surface area contributed by atoms with Gasteiger partial charge in [0, 0.05) is 12.2 Å². The molecule has 1 saturated carbocycles. The molecule has 0 atom stereocenters. The zero-order valence-electron chi connectivity index (χ0n) is 8.65. The van der Waals surface area contributed by atoms with Gasteiger partial charge in [0.2, 0.25) is 5.82 Å². The van der Waals surface area contributed by atoms with E-state index in [-0.39, 0.29) is 0 Å². The van der Waals surface area contributed by atoms with Crippen LogP contribution in [0, 0.1) is 0 Å². The first-order chi connectivity index (χ1) is 8.22. The maximum atomic E-state index is 6.00. The average molecular weight is 271 g/mol. The number of hydrogen-bond donors (Lipinski definition) is 1. The van der Waals surface area contributed by atoms with Gasteiger partial charge in [-0.15, -0.1) is 0 Å². The highest BCUT2D eigenvalue weighted by atomic mass is 35.5. The summed E-state index contributed by atoms with van der Waals surface area (Å²) in [6.07, 6.45) is 3.77. The van der Waals surface area contributed by atoms with Crippen molar-refractivity contribution < 1.29 is 4.52 Å². The SMILES string of the molecule is Clc1cnc(-c2noc(NC3CC3)n2)c(Cl)c1. The molecule has 0 amide bonds. The normalized spacial score (nSPS) is 14.9. The molecule has 5 nitrogen and oxygen atoms in total. The van der Waals surface area contributed by atoms with Gasteiger partial charge in [-0.05, 0) is 18.9 Å². The Labute approximate surface area is 107 Å². The third-order valence-corrected chi connectivity index (χ3v) is 2.85. The summed E-state index contributed by atoms with van der Waals surface area (Å²) in [5.41, 5.74) is 0.462. The molecule has 2 heterocycles. The van der Waals surface area contributed by atoms with Gasteiger partial charge in [-0.1, -0.05) is 28.4 Å². The Kier molecular flexibility index (Phi) is 2.64. The Morgan fingerprint density at radius 2 is 2.18 bits per heavy atom. The van der Waals surface area contributed by atoms with Crippen LogP contribution in [0.1, 0.15) is 12.8 Å². The van der Waals surface area contributed by atoms with Crippen LogP contribution in [-0.4, -0.2) is 21.2 Å². The summed E-state index contributed by atoms with van der Waals surface area (Å²) in [6, 6.07) is 2.45. The van der Waals surface area contributed by atoms with Crippen molar-refractivity contribution in [1.82, 2.24) is 15.1 Å². The van der Waals surface area contributed by atoms with Crippen molar-refractivity contribution in [3.8, 4) is 11.5 Å². The van der Waals surface area contributed by atoms with E-state index < -0.39 is 0 Å². The summed E-state index contributed by atoms with van der Waals surface area (Å²) >= 11 is 11.8. The largest absolute Gasteiger partial charge is 0.335 e. The first-order valence-electron chi connectivity index (χ1n) is 5.14. The molecule has 3 rings (SSSR count). The van der Waals surface area contributed by atoms with Crippen LogP contribution in [0.5, 0.6) is 0 Å². The Balaban J connectivity index is 1.89. The van der Waals surface area contributed by atoms with Crippen LogP contribution in [0.15, 0.2) is 16.8 Å². The van der Waals surface area contributed by atoms with E-state index in [9.17, 15) is 0 Å². The number of hydrogen-bond acceptors (Lipinski definition) is 5. The smallest absolute Gasteiger partial charge is 0.322 e. The van der Waals surface area contributed by atoms with Crippen molar-refractivity contribution in [3.63, 3.8) is 0 Å². The lowest BCUT2D eigenvalue weighted by atomic mass is 10.3. The van der Waals surface area contributed by atoms with Gasteiger partial charge in [0.05, 0.1) is 10.0 Å². The second-order valence-electron chi connectivity index (χ2n) is 3.83. The summed E-state index contributed by atoms with van der Waals surface area (Å²) in [5.74, 6) is 0.356. The zero-order valence-corrected chi connectivity index (χ0v) is 10.2. The molecule has 0 bridgehead atoms. The molecular weight excluding hydrogens is 263 g/mol. The minimum Gasteiger partial charge on any atom is -0.335 e. The third kappa shape index (κ3) is 2.35. The van der Waals surface area contributed by atoms with Crippen molar-refractivity contribution in [2.24, 2.45) is 0 Å². The molecule has 0 unspecified atom stereocenters. The Morgan fingerprint density at radius 1 is 1.35 bits per heavy atom. The van der Waals surface area contributed by atoms with Crippen molar-refractivity contribution in [2.45, 2.75) is 18.9 Å². The number of rotatable bonds is 3. The molecule has 17 heavy (non-hydrogen) atoms. The highest BCUT2D eigenvalue weighted by Gasteiger charge is 2.24. The fraction of sp³-hybridized carbons (Fsp3) is 0.300. The van der Waals surface area contributed by atoms with Crippen LogP contribution in [0.2, 0.25) is 10.0 Å². The predicted octanol–water partition coefficient (Wildman–Crippen LogP) is 3.01. The van der Waals surface area contributed by atoms with Crippen LogP contribution >= 0.6 is 23.2 Å². The number of anilines is 1. The molecule has 88 valence electrons. The third-order valence-electron chi connectivity index (χ3n) is 2.35. The summed E-state index contributed by atoms with van der Waals surface area (Å²) in [7, 11) is 0. The Hall–Kier alpha value is -1.33. The summed E-state index contributed by atoms with van der Waals surface area (Å²) in [4.78, 5) is 8.25. The number of nitrogens with zero attached hydrogens (tertiary/aromatic N) is 3. The number of pyridine rings is 1. The molecule has 1 aliphatic carbocycles. The zero-order chi connectivity index (χ0) is 11.8. The topological polar surface area (TPSA) is 63.8 Å². The van der Waals surface area contributed by atoms with Crippen LogP contribution in [0.4, 0.5) is 6.01 Å². The average Bonchev–Trinajstić information content (AvgIpc) is 2.96. The highest BCUT2D eigenvalue weighted by molar-refractivity contribution is 6.35. The summed E-state index contributed by atoms with van der Waals surface area (Å²) in [6.45, 7) is 0. The van der Waals surface area contributed by atoms with E-state index in [0.29, 0.717) is 33.6 Å². The highest BCUT2D eigenvalue weighted by Crippen LogP contribution is 2.28. The van der Waals surface area contributed by atoms with Crippen LogP contribution in [-0.2, 0) is 0 Å². The molecule has 7 heteroatoms. The molecule has 0 aliphatic heterocycles. The maximum Gasteiger partial charge on any atom is 0.322 e. The first-order valence-corrected chi connectivity index (χ1v) is 5.89. The molecule has 1 fully saturated rings. The molecule has 2 aromatic heterocycles. The van der Waals surface area contributed by atoms with Crippen molar-refractivity contribution in [3.05, 3.63) is 22.3 Å². The molecule has 1 N–H and O–H groups in total. The van der Waals surface area contributed by atoms with Crippen LogP contribution in [0.3, 0.4) is 0 Å². The van der Waals surface area contributed by atoms with Crippen LogP contribution in [0.25, 0.3) is 11.5 Å². The van der Waals surface area contributed by atoms with Crippen molar-refractivity contribution in [2.75, 3.05) is 5.32 Å². The van der Waals surface area contributed by atoms with Gasteiger partial charge < -0.3 is 9.84 Å². The van der Waals surface area contributed by atoms with E-state index >= 15 is 0 Å². The van der Waals surface area contributed by atoms with Gasteiger partial charge in [0.25, 0.3) is 0 Å². The maximum absolute atomic E-state index is 6.00. The second kappa shape index (κ2) is 4.16. The minimum atomic E-state index is 0.356. The van der Waals surface area contributed by atoms with Gasteiger partial charge >= 0.3 is 6.01 Å². The van der Waals surface area contributed by atoms with Gasteiger partial charge in [-0.2, -0.15) is 4.98 Å². The van der Waals surface area contributed by atoms with E-state index in [4.69, 9.17) is 27.7 Å². The van der Waals surface area contributed by atoms with Gasteiger partial charge in [-0.25, -0.2) is 4.98 Å². The fourth-order valence-corrected chi connectivity index (χ4v) is 1.82. The van der Waals surface area contributed by atoms with Crippen molar-refractivity contribution >= 4 is 29.2 Å². The molecule has 0 aromatic carbocycles. The van der Waals surface area contributed by atoms with E-state index in [1.54, 1.807) is 6.07 Å². The quantitative estimate of drug-likeness (QED) is 0.929. The molecular formula is C10H8Cl2N4O. The lowest BCUT2D eigenvalue weighted by molar-refractivity contribution is 0.431. The Bertz CT molecular complexity index is 553. The van der Waals surface area contributed by atoms with Gasteiger partial charge in [0.15, 0.2) is 0 Å². The monoisotopic (exact) mass is 270 g/mol. The van der Waals surface area contributed by atoms with Gasteiger partial charge in [-0.3, -0.25) is 0 Å². The Morgan fingerprint density at radius 3 is 2.88 bits per heavy atom. The van der Waals surface area contributed by atoms with E-state index in [2.05, 4.69) is 20.4 Å². The van der Waals surface area contributed by atoms with E-state index in [1.165, 1.54) is 6.20 Å². The molecule has 2 aromatic rings. The minimum absolute atomic E-state index is 0.356. The molecule has 0 radical (unpaired) electrons. The van der Waals surface area contributed by atoms with E-state index in [0.717, 1.165) is 12.8 Å². The van der Waals surface area contributed by atoms with Crippen molar-refractivity contribution in [1.29, 1.82) is 0 Å². The number of aromatic nitrogens is 3. The summed E-state index contributed by atoms with van der Waals surface area (Å²) in [5, 5.41) is 7.79. The lowest BCUT2D eigenvalue weighted by Gasteiger charge is -1.97. The molecule has 0 spiro atoms. The fourth-order valence-electron chi connectivity index (χ4n) is 1.36. The standard InChI is InChI=1S/C10H8Cl2N4O/c11-5-3-7(12)8(13-4-5)9-15-10(17-16-9)14-6-1-2-6/h3-4,6H,1-2H2,(H,14,15,16). The molecule has 1 aliphatic rings. The first kappa shape index (κ1) is 10.8. The van der Waals surface area contributed by atoms with E-state index in [1.807, 2.05) is 0 Å².